The number of hydrogen-bond donors (Lipinski definition) is 2. The highest BCUT2D eigenvalue weighted by molar-refractivity contribution is 5.75. The van der Waals surface area contributed by atoms with E-state index < -0.39 is 0 Å². The summed E-state index contributed by atoms with van der Waals surface area (Å²) in [5, 5.41) is 6.20. The van der Waals surface area contributed by atoms with Crippen molar-refractivity contribution in [1.82, 2.24) is 15.5 Å². The SMILES string of the molecule is CNC(=O)CCN1CCCCCC1C1CCNCC1. The predicted molar refractivity (Wildman–Crippen MR) is 78.1 cm³/mol. The third-order valence-electron chi connectivity index (χ3n) is 4.75. The van der Waals surface area contributed by atoms with Gasteiger partial charge in [0.15, 0.2) is 0 Å². The third-order valence-corrected chi connectivity index (χ3v) is 4.75. The number of piperidine rings is 1. The smallest absolute Gasteiger partial charge is 0.221 e. The van der Waals surface area contributed by atoms with Crippen LogP contribution in [-0.4, -0.2) is 50.1 Å². The van der Waals surface area contributed by atoms with E-state index in [0.717, 1.165) is 12.5 Å². The van der Waals surface area contributed by atoms with Gasteiger partial charge in [-0.2, -0.15) is 0 Å². The van der Waals surface area contributed by atoms with Crippen molar-refractivity contribution < 1.29 is 4.79 Å². The summed E-state index contributed by atoms with van der Waals surface area (Å²) in [5.41, 5.74) is 0. The largest absolute Gasteiger partial charge is 0.359 e. The van der Waals surface area contributed by atoms with E-state index in [1.165, 1.54) is 58.2 Å². The Kier molecular flexibility index (Phi) is 6.11. The molecule has 0 bridgehead atoms. The number of likely N-dealkylation sites (tertiary alicyclic amines) is 1. The first kappa shape index (κ1) is 14.8. The molecular weight excluding hydrogens is 238 g/mol. The molecule has 0 aromatic rings. The molecule has 0 aromatic carbocycles. The Hall–Kier alpha value is -0.610. The van der Waals surface area contributed by atoms with Gasteiger partial charge < -0.3 is 10.6 Å². The fourth-order valence-corrected chi connectivity index (χ4v) is 3.60. The Bertz CT molecular complexity index is 277. The maximum absolute atomic E-state index is 11.5. The molecule has 2 aliphatic rings. The van der Waals surface area contributed by atoms with Gasteiger partial charge in [-0.25, -0.2) is 0 Å². The number of nitrogens with one attached hydrogen (secondary N) is 2. The quantitative estimate of drug-likeness (QED) is 0.808. The fourth-order valence-electron chi connectivity index (χ4n) is 3.60. The average molecular weight is 267 g/mol. The topological polar surface area (TPSA) is 44.4 Å². The van der Waals surface area contributed by atoms with Gasteiger partial charge in [0.2, 0.25) is 5.91 Å². The lowest BCUT2D eigenvalue weighted by atomic mass is 9.87. The fraction of sp³-hybridized carbons (Fsp3) is 0.933. The molecule has 1 amide bonds. The number of carbonyl (C=O) groups is 1. The van der Waals surface area contributed by atoms with Gasteiger partial charge in [-0.05, 0) is 51.2 Å². The highest BCUT2D eigenvalue weighted by Crippen LogP contribution is 2.28. The minimum Gasteiger partial charge on any atom is -0.359 e. The molecule has 2 fully saturated rings. The molecule has 1 unspecified atom stereocenters. The van der Waals surface area contributed by atoms with Crippen LogP contribution in [0.4, 0.5) is 0 Å². The minimum atomic E-state index is 0.174. The Morgan fingerprint density at radius 1 is 1.21 bits per heavy atom. The lowest BCUT2D eigenvalue weighted by Gasteiger charge is -2.38. The zero-order valence-electron chi connectivity index (χ0n) is 12.3. The normalized spacial score (nSPS) is 26.9. The summed E-state index contributed by atoms with van der Waals surface area (Å²) in [7, 11) is 1.73. The van der Waals surface area contributed by atoms with E-state index in [2.05, 4.69) is 15.5 Å². The van der Waals surface area contributed by atoms with E-state index in [0.29, 0.717) is 12.5 Å². The van der Waals surface area contributed by atoms with Crippen molar-refractivity contribution in [2.75, 3.05) is 33.2 Å². The van der Waals surface area contributed by atoms with Crippen molar-refractivity contribution in [3.05, 3.63) is 0 Å². The summed E-state index contributed by atoms with van der Waals surface area (Å²) in [6.45, 7) is 4.47. The van der Waals surface area contributed by atoms with Gasteiger partial charge in [0, 0.05) is 26.1 Å². The van der Waals surface area contributed by atoms with Crippen LogP contribution >= 0.6 is 0 Å². The number of amides is 1. The summed E-state index contributed by atoms with van der Waals surface area (Å²) in [4.78, 5) is 14.1. The first-order valence-electron chi connectivity index (χ1n) is 7.96. The predicted octanol–water partition coefficient (Wildman–Crippen LogP) is 1.37. The van der Waals surface area contributed by atoms with E-state index in [4.69, 9.17) is 0 Å². The number of carbonyl (C=O) groups excluding carboxylic acids is 1. The van der Waals surface area contributed by atoms with Crippen molar-refractivity contribution >= 4 is 5.91 Å². The van der Waals surface area contributed by atoms with Crippen LogP contribution in [0.3, 0.4) is 0 Å². The highest BCUT2D eigenvalue weighted by Gasteiger charge is 2.29. The zero-order valence-corrected chi connectivity index (χ0v) is 12.3. The molecule has 4 nitrogen and oxygen atoms in total. The first-order chi connectivity index (χ1) is 9.31. The molecule has 2 aliphatic heterocycles. The molecule has 19 heavy (non-hydrogen) atoms. The molecule has 4 heteroatoms. The second-order valence-corrected chi connectivity index (χ2v) is 5.96. The molecule has 2 saturated heterocycles. The van der Waals surface area contributed by atoms with Gasteiger partial charge in [0.05, 0.1) is 0 Å². The van der Waals surface area contributed by atoms with E-state index in [1.807, 2.05) is 0 Å². The Balaban J connectivity index is 1.91. The summed E-state index contributed by atoms with van der Waals surface area (Å²) in [6, 6.07) is 0.717. The third kappa shape index (κ3) is 4.46. The number of rotatable bonds is 4. The van der Waals surface area contributed by atoms with Gasteiger partial charge in [-0.1, -0.05) is 12.8 Å². The molecule has 0 radical (unpaired) electrons. The first-order valence-corrected chi connectivity index (χ1v) is 7.96. The van der Waals surface area contributed by atoms with Crippen molar-refractivity contribution in [2.24, 2.45) is 5.92 Å². The van der Waals surface area contributed by atoms with E-state index in [-0.39, 0.29) is 5.91 Å². The zero-order chi connectivity index (χ0) is 13.5. The molecule has 2 heterocycles. The monoisotopic (exact) mass is 267 g/mol. The van der Waals surface area contributed by atoms with Gasteiger partial charge in [0.1, 0.15) is 0 Å². The molecule has 2 rings (SSSR count). The lowest BCUT2D eigenvalue weighted by molar-refractivity contribution is -0.121. The standard InChI is InChI=1S/C15H29N3O/c1-16-15(19)8-12-18-11-4-2-3-5-14(18)13-6-9-17-10-7-13/h13-14,17H,2-12H2,1H3,(H,16,19). The molecule has 2 N–H and O–H groups in total. The van der Waals surface area contributed by atoms with Crippen molar-refractivity contribution in [2.45, 2.75) is 51.0 Å². The van der Waals surface area contributed by atoms with Crippen LogP contribution in [0.2, 0.25) is 0 Å². The summed E-state index contributed by atoms with van der Waals surface area (Å²) >= 11 is 0. The van der Waals surface area contributed by atoms with Crippen LogP contribution in [0.1, 0.15) is 44.9 Å². The van der Waals surface area contributed by atoms with Crippen LogP contribution in [-0.2, 0) is 4.79 Å². The summed E-state index contributed by atoms with van der Waals surface area (Å²) in [5.74, 6) is 1.01. The Morgan fingerprint density at radius 3 is 2.74 bits per heavy atom. The lowest BCUT2D eigenvalue weighted by Crippen LogP contribution is -2.45. The van der Waals surface area contributed by atoms with Gasteiger partial charge in [-0.3, -0.25) is 9.69 Å². The van der Waals surface area contributed by atoms with Crippen molar-refractivity contribution in [1.29, 1.82) is 0 Å². The van der Waals surface area contributed by atoms with E-state index in [9.17, 15) is 4.79 Å². The van der Waals surface area contributed by atoms with Crippen LogP contribution in [0.15, 0.2) is 0 Å². The highest BCUT2D eigenvalue weighted by atomic mass is 16.1. The van der Waals surface area contributed by atoms with Crippen molar-refractivity contribution in [3.63, 3.8) is 0 Å². The maximum atomic E-state index is 11.5. The Labute approximate surface area is 117 Å². The van der Waals surface area contributed by atoms with Gasteiger partial charge in [0.25, 0.3) is 0 Å². The van der Waals surface area contributed by atoms with E-state index in [1.54, 1.807) is 7.05 Å². The minimum absolute atomic E-state index is 0.174. The van der Waals surface area contributed by atoms with Crippen LogP contribution < -0.4 is 10.6 Å². The van der Waals surface area contributed by atoms with Gasteiger partial charge >= 0.3 is 0 Å². The molecular formula is C15H29N3O. The Morgan fingerprint density at radius 2 is 2.00 bits per heavy atom. The molecule has 1 atom stereocenters. The average Bonchev–Trinajstić information content (AvgIpc) is 2.71. The van der Waals surface area contributed by atoms with Crippen molar-refractivity contribution in [3.8, 4) is 0 Å². The number of hydrogen-bond acceptors (Lipinski definition) is 3. The molecule has 0 saturated carbocycles. The summed E-state index contributed by atoms with van der Waals surface area (Å²) < 4.78 is 0. The maximum Gasteiger partial charge on any atom is 0.221 e. The van der Waals surface area contributed by atoms with Crippen LogP contribution in [0, 0.1) is 5.92 Å². The van der Waals surface area contributed by atoms with Gasteiger partial charge in [-0.15, -0.1) is 0 Å². The van der Waals surface area contributed by atoms with Crippen LogP contribution in [0.25, 0.3) is 0 Å². The number of nitrogens with zero attached hydrogens (tertiary/aromatic N) is 1. The summed E-state index contributed by atoms with van der Waals surface area (Å²) in [6.07, 6.45) is 8.62. The second kappa shape index (κ2) is 7.85. The van der Waals surface area contributed by atoms with Crippen LogP contribution in [0.5, 0.6) is 0 Å². The molecule has 110 valence electrons. The van der Waals surface area contributed by atoms with E-state index >= 15 is 0 Å². The second-order valence-electron chi connectivity index (χ2n) is 5.96. The molecule has 0 aromatic heterocycles. The molecule has 0 spiro atoms. The molecule has 0 aliphatic carbocycles.